The molecular formula is C19H28N2O4S. The molecule has 2 atom stereocenters. The van der Waals surface area contributed by atoms with Crippen molar-refractivity contribution in [2.45, 2.75) is 50.6 Å². The number of likely N-dealkylation sites (tertiary alicyclic amines) is 1. The topological polar surface area (TPSA) is 66.9 Å². The van der Waals surface area contributed by atoms with Gasteiger partial charge in [0.25, 0.3) is 5.91 Å². The maximum Gasteiger partial charge on any atom is 0.254 e. The van der Waals surface area contributed by atoms with Crippen LogP contribution in [0, 0.1) is 5.92 Å². The van der Waals surface area contributed by atoms with Gasteiger partial charge in [0.1, 0.15) is 0 Å². The quantitative estimate of drug-likeness (QED) is 0.707. The summed E-state index contributed by atoms with van der Waals surface area (Å²) in [5.74, 6) is 0.369. The van der Waals surface area contributed by atoms with Gasteiger partial charge in [-0.15, -0.1) is 0 Å². The van der Waals surface area contributed by atoms with Crippen LogP contribution in [-0.4, -0.2) is 61.9 Å². The van der Waals surface area contributed by atoms with Crippen molar-refractivity contribution in [3.63, 3.8) is 0 Å². The van der Waals surface area contributed by atoms with Crippen LogP contribution in [0.25, 0.3) is 0 Å². The van der Waals surface area contributed by atoms with Crippen LogP contribution in [0.4, 0.5) is 0 Å². The molecule has 144 valence electrons. The molecule has 2 aliphatic heterocycles. The Hall–Kier alpha value is -1.44. The summed E-state index contributed by atoms with van der Waals surface area (Å²) in [6, 6.07) is 9.48. The lowest BCUT2D eigenvalue weighted by Crippen LogP contribution is -2.70. The van der Waals surface area contributed by atoms with Crippen LogP contribution in [0.2, 0.25) is 0 Å². The number of hydrogen-bond donors (Lipinski definition) is 0. The number of ether oxygens (including phenoxy) is 1. The minimum absolute atomic E-state index is 0.0409. The summed E-state index contributed by atoms with van der Waals surface area (Å²) in [6.07, 6.45) is 1.14. The number of methoxy groups -OCH3 is 1. The highest BCUT2D eigenvalue weighted by atomic mass is 32.2. The number of sulfonamides is 1. The molecule has 2 heterocycles. The van der Waals surface area contributed by atoms with Crippen molar-refractivity contribution in [2.24, 2.45) is 5.92 Å². The van der Waals surface area contributed by atoms with Crippen LogP contribution in [-0.2, 0) is 25.3 Å². The Kier molecular flexibility index (Phi) is 5.69. The number of benzene rings is 1. The second kappa shape index (κ2) is 7.66. The second-order valence-corrected chi connectivity index (χ2v) is 9.43. The molecule has 0 radical (unpaired) electrons. The largest absolute Gasteiger partial charge is 0.369 e. The lowest BCUT2D eigenvalue weighted by atomic mass is 9.79. The van der Waals surface area contributed by atoms with E-state index in [1.807, 2.05) is 49.1 Å². The summed E-state index contributed by atoms with van der Waals surface area (Å²) in [6.45, 7) is 5.03. The van der Waals surface area contributed by atoms with E-state index in [-0.39, 0.29) is 35.8 Å². The number of hydrogen-bond acceptors (Lipinski definition) is 4. The van der Waals surface area contributed by atoms with Gasteiger partial charge in [-0.2, -0.15) is 0 Å². The van der Waals surface area contributed by atoms with E-state index in [1.165, 1.54) is 0 Å². The number of nitrogens with zero attached hydrogens (tertiary/aromatic N) is 2. The van der Waals surface area contributed by atoms with Crippen molar-refractivity contribution in [3.8, 4) is 0 Å². The summed E-state index contributed by atoms with van der Waals surface area (Å²) in [5.41, 5.74) is 0.810. The predicted octanol–water partition coefficient (Wildman–Crippen LogP) is 1.86. The van der Waals surface area contributed by atoms with E-state index >= 15 is 0 Å². The predicted molar refractivity (Wildman–Crippen MR) is 99.9 cm³/mol. The molecule has 0 unspecified atom stereocenters. The summed E-state index contributed by atoms with van der Waals surface area (Å²) in [7, 11) is -1.74. The third kappa shape index (κ3) is 3.66. The molecule has 7 heteroatoms. The van der Waals surface area contributed by atoms with Gasteiger partial charge in [-0.3, -0.25) is 4.79 Å². The van der Waals surface area contributed by atoms with Crippen molar-refractivity contribution in [1.29, 1.82) is 0 Å². The van der Waals surface area contributed by atoms with Crippen LogP contribution in [0.1, 0.15) is 32.3 Å². The smallest absolute Gasteiger partial charge is 0.254 e. The first-order chi connectivity index (χ1) is 12.3. The number of amides is 1. The number of piperidine rings is 1. The lowest BCUT2D eigenvalue weighted by Gasteiger charge is -2.53. The zero-order chi connectivity index (χ0) is 18.9. The third-order valence-corrected chi connectivity index (χ3v) is 7.36. The minimum atomic E-state index is -3.31. The summed E-state index contributed by atoms with van der Waals surface area (Å²) < 4.78 is 32.4. The second-order valence-electron chi connectivity index (χ2n) is 7.46. The van der Waals surface area contributed by atoms with E-state index in [1.54, 1.807) is 11.4 Å². The van der Waals surface area contributed by atoms with Crippen molar-refractivity contribution in [2.75, 3.05) is 20.2 Å². The van der Waals surface area contributed by atoms with Crippen LogP contribution >= 0.6 is 0 Å². The van der Waals surface area contributed by atoms with Crippen molar-refractivity contribution in [1.82, 2.24) is 9.21 Å². The molecule has 26 heavy (non-hydrogen) atoms. The molecule has 0 aliphatic carbocycles. The maximum absolute atomic E-state index is 12.7. The molecule has 1 amide bonds. The molecule has 1 aromatic carbocycles. The Morgan fingerprint density at radius 3 is 2.31 bits per heavy atom. The fourth-order valence-electron chi connectivity index (χ4n) is 4.19. The van der Waals surface area contributed by atoms with Crippen LogP contribution in [0.5, 0.6) is 0 Å². The van der Waals surface area contributed by atoms with E-state index in [0.29, 0.717) is 13.1 Å². The average molecular weight is 381 g/mol. The zero-order valence-corrected chi connectivity index (χ0v) is 16.5. The number of carbonyl (C=O) groups excluding carboxylic acids is 1. The molecule has 1 aromatic rings. The van der Waals surface area contributed by atoms with Crippen molar-refractivity contribution >= 4 is 15.9 Å². The van der Waals surface area contributed by atoms with E-state index in [4.69, 9.17) is 4.74 Å². The molecular weight excluding hydrogens is 352 g/mol. The molecule has 2 aliphatic rings. The van der Waals surface area contributed by atoms with Gasteiger partial charge in [0.05, 0.1) is 11.8 Å². The Morgan fingerprint density at radius 2 is 1.77 bits per heavy atom. The van der Waals surface area contributed by atoms with Gasteiger partial charge in [0.15, 0.2) is 6.10 Å². The average Bonchev–Trinajstić information content (AvgIpc) is 2.60. The fourth-order valence-corrected chi connectivity index (χ4v) is 5.75. The highest BCUT2D eigenvalue weighted by Gasteiger charge is 2.52. The molecule has 0 aromatic heterocycles. The Balaban J connectivity index is 1.62. The van der Waals surface area contributed by atoms with E-state index in [0.717, 1.165) is 18.4 Å². The Bertz CT molecular complexity index is 727. The molecule has 0 N–H and O–H groups in total. The molecule has 0 spiro atoms. The minimum Gasteiger partial charge on any atom is -0.369 e. The van der Waals surface area contributed by atoms with E-state index < -0.39 is 10.0 Å². The fraction of sp³-hybridized carbons (Fsp3) is 0.632. The zero-order valence-electron chi connectivity index (χ0n) is 15.7. The first kappa shape index (κ1) is 19.3. The van der Waals surface area contributed by atoms with Gasteiger partial charge in [0, 0.05) is 26.2 Å². The number of carbonyl (C=O) groups is 1. The van der Waals surface area contributed by atoms with Gasteiger partial charge in [-0.25, -0.2) is 12.7 Å². The van der Waals surface area contributed by atoms with Gasteiger partial charge in [-0.1, -0.05) is 30.3 Å². The van der Waals surface area contributed by atoms with Gasteiger partial charge in [0.2, 0.25) is 10.0 Å². The highest BCUT2D eigenvalue weighted by molar-refractivity contribution is 7.88. The molecule has 3 rings (SSSR count). The normalized spacial score (nSPS) is 25.5. The van der Waals surface area contributed by atoms with E-state index in [2.05, 4.69) is 0 Å². The van der Waals surface area contributed by atoms with E-state index in [9.17, 15) is 13.2 Å². The highest BCUT2D eigenvalue weighted by Crippen LogP contribution is 2.36. The SMILES string of the molecule is CO[C@H]1C(=O)N(C(C)C)[C@H]1C1CCN(S(=O)(=O)Cc2ccccc2)CC1. The van der Waals surface area contributed by atoms with Gasteiger partial charge < -0.3 is 9.64 Å². The molecule has 6 nitrogen and oxygen atoms in total. The van der Waals surface area contributed by atoms with Crippen LogP contribution in [0.15, 0.2) is 30.3 Å². The van der Waals surface area contributed by atoms with Crippen molar-refractivity contribution < 1.29 is 17.9 Å². The monoisotopic (exact) mass is 380 g/mol. The van der Waals surface area contributed by atoms with Gasteiger partial charge >= 0.3 is 0 Å². The van der Waals surface area contributed by atoms with Crippen LogP contribution < -0.4 is 0 Å². The first-order valence-corrected chi connectivity index (χ1v) is 10.8. The number of rotatable bonds is 6. The Labute approximate surface area is 156 Å². The molecule has 2 fully saturated rings. The number of β-lactam (4-membered cyclic amide) rings is 1. The summed E-state index contributed by atoms with van der Waals surface area (Å²) in [5, 5.41) is 0. The third-order valence-electron chi connectivity index (χ3n) is 5.51. The lowest BCUT2D eigenvalue weighted by molar-refractivity contribution is -0.181. The van der Waals surface area contributed by atoms with Gasteiger partial charge in [-0.05, 0) is 38.2 Å². The summed E-state index contributed by atoms with van der Waals surface area (Å²) in [4.78, 5) is 14.1. The Morgan fingerprint density at radius 1 is 1.15 bits per heavy atom. The molecule has 2 saturated heterocycles. The first-order valence-electron chi connectivity index (χ1n) is 9.22. The maximum atomic E-state index is 12.7. The standard InChI is InChI=1S/C19H28N2O4S/c1-14(2)21-17(18(25-3)19(21)22)16-9-11-20(12-10-16)26(23,24)13-15-7-5-4-6-8-15/h4-8,14,16-18H,9-13H2,1-3H3/t17-,18+/m0/s1. The molecule has 0 bridgehead atoms. The molecule has 0 saturated carbocycles. The summed E-state index contributed by atoms with van der Waals surface area (Å²) >= 11 is 0. The van der Waals surface area contributed by atoms with Crippen molar-refractivity contribution in [3.05, 3.63) is 35.9 Å². The van der Waals surface area contributed by atoms with Crippen LogP contribution in [0.3, 0.4) is 0 Å².